The SMILES string of the molecule is NC1CC[C@@H]2CC3C[C@H](CC1)C32. The summed E-state index contributed by atoms with van der Waals surface area (Å²) in [4.78, 5) is 0. The Morgan fingerprint density at radius 3 is 1.83 bits per heavy atom. The molecule has 68 valence electrons. The van der Waals surface area contributed by atoms with Crippen molar-refractivity contribution in [1.29, 1.82) is 0 Å². The van der Waals surface area contributed by atoms with Gasteiger partial charge in [0.05, 0.1) is 0 Å². The Balaban J connectivity index is 1.69. The Morgan fingerprint density at radius 2 is 1.33 bits per heavy atom. The van der Waals surface area contributed by atoms with E-state index in [9.17, 15) is 0 Å². The Hall–Kier alpha value is -0.0400. The fourth-order valence-electron chi connectivity index (χ4n) is 3.89. The molecule has 0 aliphatic heterocycles. The van der Waals surface area contributed by atoms with Gasteiger partial charge in [0.1, 0.15) is 0 Å². The zero-order valence-electron chi connectivity index (χ0n) is 7.71. The highest BCUT2D eigenvalue weighted by Gasteiger charge is 2.53. The number of rotatable bonds is 0. The van der Waals surface area contributed by atoms with Crippen molar-refractivity contribution in [1.82, 2.24) is 0 Å². The molecule has 0 aromatic carbocycles. The standard InChI is InChI=1S/C11H19N/c12-10-3-1-7-5-9-6-8(2-4-10)11(7)9/h7-11H,1-6,12H2/t7-,8+,9?,10?,11?. The monoisotopic (exact) mass is 165 g/mol. The molecule has 3 saturated carbocycles. The molecule has 12 heavy (non-hydrogen) atoms. The zero-order valence-corrected chi connectivity index (χ0v) is 7.71. The van der Waals surface area contributed by atoms with E-state index >= 15 is 0 Å². The smallest absolute Gasteiger partial charge is 0.00390 e. The lowest BCUT2D eigenvalue weighted by molar-refractivity contribution is -0.103. The van der Waals surface area contributed by atoms with E-state index < -0.39 is 0 Å². The highest BCUT2D eigenvalue weighted by atomic mass is 14.7. The second-order valence-electron chi connectivity index (χ2n) is 5.24. The molecule has 0 aromatic rings. The normalized spacial score (nSPS) is 57.2. The van der Waals surface area contributed by atoms with Gasteiger partial charge in [-0.05, 0) is 62.2 Å². The van der Waals surface area contributed by atoms with Gasteiger partial charge in [0.25, 0.3) is 0 Å². The molecule has 1 heteroatoms. The van der Waals surface area contributed by atoms with Crippen molar-refractivity contribution < 1.29 is 0 Å². The van der Waals surface area contributed by atoms with Crippen molar-refractivity contribution in [3.63, 3.8) is 0 Å². The lowest BCUT2D eigenvalue weighted by Crippen LogP contribution is -2.53. The number of hydrogen-bond donors (Lipinski definition) is 1. The minimum atomic E-state index is 0.533. The van der Waals surface area contributed by atoms with Crippen LogP contribution < -0.4 is 5.73 Å². The maximum atomic E-state index is 6.02. The predicted octanol–water partition coefficient (Wildman–Crippen LogP) is 2.16. The van der Waals surface area contributed by atoms with Crippen LogP contribution in [0, 0.1) is 23.7 Å². The molecule has 3 fully saturated rings. The Labute approximate surface area is 74.7 Å². The second kappa shape index (κ2) is 2.47. The van der Waals surface area contributed by atoms with Crippen LogP contribution in [0.15, 0.2) is 0 Å². The van der Waals surface area contributed by atoms with Gasteiger partial charge in [-0.1, -0.05) is 0 Å². The van der Waals surface area contributed by atoms with Gasteiger partial charge in [-0.15, -0.1) is 0 Å². The van der Waals surface area contributed by atoms with Crippen molar-refractivity contribution >= 4 is 0 Å². The van der Waals surface area contributed by atoms with Crippen molar-refractivity contribution in [3.05, 3.63) is 0 Å². The first-order chi connectivity index (χ1) is 5.84. The molecule has 3 rings (SSSR count). The molecule has 0 bridgehead atoms. The van der Waals surface area contributed by atoms with Gasteiger partial charge in [-0.2, -0.15) is 0 Å². The largest absolute Gasteiger partial charge is 0.328 e. The van der Waals surface area contributed by atoms with Crippen LogP contribution in [0.3, 0.4) is 0 Å². The molecular formula is C11H19N. The third-order valence-electron chi connectivity index (χ3n) is 4.66. The fourth-order valence-corrected chi connectivity index (χ4v) is 3.89. The summed E-state index contributed by atoms with van der Waals surface area (Å²) in [5.74, 6) is 4.52. The summed E-state index contributed by atoms with van der Waals surface area (Å²) < 4.78 is 0. The van der Waals surface area contributed by atoms with Crippen LogP contribution >= 0.6 is 0 Å². The summed E-state index contributed by atoms with van der Waals surface area (Å²) in [6.07, 6.45) is 8.60. The summed E-state index contributed by atoms with van der Waals surface area (Å²) in [6.45, 7) is 0. The van der Waals surface area contributed by atoms with Gasteiger partial charge in [-0.3, -0.25) is 0 Å². The van der Waals surface area contributed by atoms with Crippen molar-refractivity contribution in [2.45, 2.75) is 44.6 Å². The third-order valence-corrected chi connectivity index (χ3v) is 4.66. The van der Waals surface area contributed by atoms with Crippen LogP contribution in [0.2, 0.25) is 0 Å². The quantitative estimate of drug-likeness (QED) is 0.585. The summed E-state index contributed by atoms with van der Waals surface area (Å²) in [7, 11) is 0. The van der Waals surface area contributed by atoms with E-state index in [1.807, 2.05) is 0 Å². The lowest BCUT2D eigenvalue weighted by atomic mass is 9.45. The van der Waals surface area contributed by atoms with Gasteiger partial charge < -0.3 is 5.73 Å². The minimum absolute atomic E-state index is 0.533. The molecule has 3 aliphatic carbocycles. The van der Waals surface area contributed by atoms with Crippen molar-refractivity contribution in [2.24, 2.45) is 29.4 Å². The first-order valence-electron chi connectivity index (χ1n) is 5.60. The van der Waals surface area contributed by atoms with Crippen molar-refractivity contribution in [3.8, 4) is 0 Å². The average Bonchev–Trinajstić information content (AvgIpc) is 2.03. The van der Waals surface area contributed by atoms with Gasteiger partial charge in [0, 0.05) is 6.04 Å². The average molecular weight is 165 g/mol. The summed E-state index contributed by atoms with van der Waals surface area (Å²) in [6, 6.07) is 0.533. The van der Waals surface area contributed by atoms with E-state index in [1.165, 1.54) is 25.7 Å². The Bertz CT molecular complexity index is 171. The van der Waals surface area contributed by atoms with Gasteiger partial charge in [0.15, 0.2) is 0 Å². The first kappa shape index (κ1) is 7.37. The molecular weight excluding hydrogens is 146 g/mol. The highest BCUT2D eigenvalue weighted by molar-refractivity contribution is 5.03. The van der Waals surface area contributed by atoms with E-state index in [-0.39, 0.29) is 0 Å². The first-order valence-corrected chi connectivity index (χ1v) is 5.60. The molecule has 5 atom stereocenters. The molecule has 0 amide bonds. The van der Waals surface area contributed by atoms with Crippen LogP contribution in [-0.4, -0.2) is 6.04 Å². The molecule has 2 N–H and O–H groups in total. The third kappa shape index (κ3) is 0.891. The van der Waals surface area contributed by atoms with Gasteiger partial charge in [0.2, 0.25) is 0 Å². The molecule has 0 aromatic heterocycles. The van der Waals surface area contributed by atoms with Crippen molar-refractivity contribution in [2.75, 3.05) is 0 Å². The zero-order chi connectivity index (χ0) is 8.13. The minimum Gasteiger partial charge on any atom is -0.328 e. The maximum absolute atomic E-state index is 6.02. The van der Waals surface area contributed by atoms with Crippen LogP contribution in [0.25, 0.3) is 0 Å². The predicted molar refractivity (Wildman–Crippen MR) is 49.6 cm³/mol. The number of nitrogens with two attached hydrogens (primary N) is 1. The van der Waals surface area contributed by atoms with Crippen LogP contribution in [0.1, 0.15) is 38.5 Å². The van der Waals surface area contributed by atoms with Gasteiger partial charge >= 0.3 is 0 Å². The Kier molecular flexibility index (Phi) is 1.52. The van der Waals surface area contributed by atoms with E-state index in [0.29, 0.717) is 6.04 Å². The summed E-state index contributed by atoms with van der Waals surface area (Å²) in [5.41, 5.74) is 6.02. The fraction of sp³-hybridized carbons (Fsp3) is 1.00. The Morgan fingerprint density at radius 1 is 0.750 bits per heavy atom. The summed E-state index contributed by atoms with van der Waals surface area (Å²) in [5, 5.41) is 0. The molecule has 0 spiro atoms. The molecule has 3 aliphatic rings. The van der Waals surface area contributed by atoms with Crippen LogP contribution in [-0.2, 0) is 0 Å². The van der Waals surface area contributed by atoms with Crippen LogP contribution in [0.5, 0.6) is 0 Å². The van der Waals surface area contributed by atoms with E-state index in [4.69, 9.17) is 5.73 Å². The lowest BCUT2D eigenvalue weighted by Gasteiger charge is -2.60. The molecule has 3 unspecified atom stereocenters. The summed E-state index contributed by atoms with van der Waals surface area (Å²) >= 11 is 0. The number of hydrogen-bond acceptors (Lipinski definition) is 1. The highest BCUT2D eigenvalue weighted by Crippen LogP contribution is 2.61. The van der Waals surface area contributed by atoms with E-state index in [2.05, 4.69) is 0 Å². The molecule has 1 nitrogen and oxygen atoms in total. The second-order valence-corrected chi connectivity index (χ2v) is 5.24. The van der Waals surface area contributed by atoms with Gasteiger partial charge in [-0.25, -0.2) is 0 Å². The molecule has 0 radical (unpaired) electrons. The van der Waals surface area contributed by atoms with E-state index in [0.717, 1.165) is 23.7 Å². The molecule has 0 saturated heterocycles. The maximum Gasteiger partial charge on any atom is 0.00390 e. The van der Waals surface area contributed by atoms with Crippen LogP contribution in [0.4, 0.5) is 0 Å². The van der Waals surface area contributed by atoms with E-state index in [1.54, 1.807) is 12.8 Å². The molecule has 0 heterocycles. The topological polar surface area (TPSA) is 26.0 Å².